The van der Waals surface area contributed by atoms with Crippen LogP contribution in [-0.4, -0.2) is 46.9 Å². The maximum absolute atomic E-state index is 12.3. The summed E-state index contributed by atoms with van der Waals surface area (Å²) >= 11 is 1.51. The second kappa shape index (κ2) is 6.04. The smallest absolute Gasteiger partial charge is 0.357 e. The van der Waals surface area contributed by atoms with Gasteiger partial charge in [-0.2, -0.15) is 13.2 Å². The van der Waals surface area contributed by atoms with Crippen LogP contribution >= 0.6 is 11.3 Å². The fourth-order valence-corrected chi connectivity index (χ4v) is 2.87. The van der Waals surface area contributed by atoms with E-state index in [1.807, 2.05) is 6.92 Å². The molecular weight excluding hydrogens is 277 g/mol. The largest absolute Gasteiger partial charge is 0.401 e. The van der Waals surface area contributed by atoms with Crippen molar-refractivity contribution in [1.29, 1.82) is 0 Å². The van der Waals surface area contributed by atoms with Gasteiger partial charge in [0.1, 0.15) is 5.01 Å². The normalized spacial score (nSPS) is 18.7. The highest BCUT2D eigenvalue weighted by Gasteiger charge is 2.32. The highest BCUT2D eigenvalue weighted by atomic mass is 32.1. The van der Waals surface area contributed by atoms with Crippen LogP contribution in [0.4, 0.5) is 18.3 Å². The number of likely N-dealkylation sites (tertiary alicyclic amines) is 1. The summed E-state index contributed by atoms with van der Waals surface area (Å²) in [6, 6.07) is 0.196. The first-order chi connectivity index (χ1) is 8.96. The summed E-state index contributed by atoms with van der Waals surface area (Å²) in [6.45, 7) is 2.14. The number of nitrogens with one attached hydrogen (secondary N) is 1. The van der Waals surface area contributed by atoms with Crippen LogP contribution in [0.3, 0.4) is 0 Å². The third-order valence-electron chi connectivity index (χ3n) is 3.09. The molecule has 0 aromatic carbocycles. The Kier molecular flexibility index (Phi) is 4.62. The number of aromatic nitrogens is 2. The van der Waals surface area contributed by atoms with Gasteiger partial charge in [0.05, 0.1) is 6.54 Å². The first-order valence-electron chi connectivity index (χ1n) is 6.34. The van der Waals surface area contributed by atoms with Gasteiger partial charge in [-0.3, -0.25) is 4.90 Å². The van der Waals surface area contributed by atoms with Gasteiger partial charge in [0.2, 0.25) is 5.13 Å². The number of hydrogen-bond acceptors (Lipinski definition) is 5. The minimum Gasteiger partial charge on any atom is -0.357 e. The van der Waals surface area contributed by atoms with E-state index in [2.05, 4.69) is 15.5 Å². The van der Waals surface area contributed by atoms with Crippen LogP contribution in [0.1, 0.15) is 24.8 Å². The predicted octanol–water partition coefficient (Wildman–Crippen LogP) is 2.54. The average Bonchev–Trinajstić information content (AvgIpc) is 2.77. The van der Waals surface area contributed by atoms with Gasteiger partial charge in [0, 0.05) is 19.1 Å². The molecule has 0 spiro atoms. The summed E-state index contributed by atoms with van der Waals surface area (Å²) in [6.07, 6.45) is -1.84. The molecule has 0 unspecified atom stereocenters. The maximum Gasteiger partial charge on any atom is 0.401 e. The minimum absolute atomic E-state index is 0.196. The van der Waals surface area contributed by atoms with E-state index in [0.29, 0.717) is 25.9 Å². The van der Waals surface area contributed by atoms with Gasteiger partial charge in [-0.25, -0.2) is 0 Å². The molecule has 1 aliphatic rings. The third-order valence-corrected chi connectivity index (χ3v) is 4.09. The zero-order valence-electron chi connectivity index (χ0n) is 10.7. The molecule has 0 aliphatic carbocycles. The Morgan fingerprint density at radius 3 is 2.53 bits per heavy atom. The van der Waals surface area contributed by atoms with E-state index in [0.717, 1.165) is 16.6 Å². The van der Waals surface area contributed by atoms with E-state index < -0.39 is 12.7 Å². The summed E-state index contributed by atoms with van der Waals surface area (Å²) in [5.74, 6) is 0. The summed E-state index contributed by atoms with van der Waals surface area (Å²) in [7, 11) is 0. The molecule has 0 atom stereocenters. The molecule has 4 nitrogen and oxygen atoms in total. The number of anilines is 1. The lowest BCUT2D eigenvalue weighted by molar-refractivity contribution is -0.147. The topological polar surface area (TPSA) is 41.1 Å². The highest BCUT2D eigenvalue weighted by molar-refractivity contribution is 7.15. The number of piperidine rings is 1. The number of alkyl halides is 3. The molecule has 8 heteroatoms. The molecule has 108 valence electrons. The molecule has 1 fully saturated rings. The van der Waals surface area contributed by atoms with Crippen molar-refractivity contribution in [2.24, 2.45) is 0 Å². The predicted molar refractivity (Wildman–Crippen MR) is 68.4 cm³/mol. The first kappa shape index (κ1) is 14.5. The monoisotopic (exact) mass is 294 g/mol. The lowest BCUT2D eigenvalue weighted by Gasteiger charge is -2.32. The van der Waals surface area contributed by atoms with Crippen LogP contribution in [-0.2, 0) is 6.42 Å². The van der Waals surface area contributed by atoms with Gasteiger partial charge in [0.15, 0.2) is 0 Å². The van der Waals surface area contributed by atoms with Gasteiger partial charge >= 0.3 is 6.18 Å². The van der Waals surface area contributed by atoms with Crippen LogP contribution in [0, 0.1) is 0 Å². The Morgan fingerprint density at radius 2 is 2.00 bits per heavy atom. The van der Waals surface area contributed by atoms with Crippen molar-refractivity contribution >= 4 is 16.5 Å². The number of nitrogens with zero attached hydrogens (tertiary/aromatic N) is 3. The highest BCUT2D eigenvalue weighted by Crippen LogP contribution is 2.23. The maximum atomic E-state index is 12.3. The fourth-order valence-electron chi connectivity index (χ4n) is 2.12. The van der Waals surface area contributed by atoms with Gasteiger partial charge in [-0.1, -0.05) is 18.3 Å². The van der Waals surface area contributed by atoms with E-state index >= 15 is 0 Å². The molecule has 2 heterocycles. The van der Waals surface area contributed by atoms with Crippen molar-refractivity contribution < 1.29 is 13.2 Å². The summed E-state index contributed by atoms with van der Waals surface area (Å²) < 4.78 is 36.8. The third kappa shape index (κ3) is 4.61. The summed E-state index contributed by atoms with van der Waals surface area (Å²) in [5, 5.41) is 13.0. The van der Waals surface area contributed by atoms with E-state index in [1.54, 1.807) is 0 Å². The van der Waals surface area contributed by atoms with Crippen molar-refractivity contribution in [2.45, 2.75) is 38.4 Å². The lowest BCUT2D eigenvalue weighted by Crippen LogP contribution is -2.43. The fraction of sp³-hybridized carbons (Fsp3) is 0.818. The van der Waals surface area contributed by atoms with Crippen LogP contribution in [0.5, 0.6) is 0 Å². The SMILES string of the molecule is CCc1nnc(NC2CCN(CC(F)(F)F)CC2)s1. The van der Waals surface area contributed by atoms with Gasteiger partial charge in [-0.15, -0.1) is 10.2 Å². The Hall–Kier alpha value is -0.890. The molecule has 1 aliphatic heterocycles. The first-order valence-corrected chi connectivity index (χ1v) is 7.16. The Balaban J connectivity index is 1.77. The van der Waals surface area contributed by atoms with E-state index in [9.17, 15) is 13.2 Å². The molecule has 1 aromatic heterocycles. The molecule has 19 heavy (non-hydrogen) atoms. The van der Waals surface area contributed by atoms with Gasteiger partial charge in [0.25, 0.3) is 0 Å². The molecule has 0 saturated carbocycles. The lowest BCUT2D eigenvalue weighted by atomic mass is 10.1. The van der Waals surface area contributed by atoms with Crippen molar-refractivity contribution in [3.63, 3.8) is 0 Å². The van der Waals surface area contributed by atoms with E-state index in [-0.39, 0.29) is 6.04 Å². The van der Waals surface area contributed by atoms with Crippen molar-refractivity contribution in [3.05, 3.63) is 5.01 Å². The standard InChI is InChI=1S/C11H17F3N4S/c1-2-9-16-17-10(19-9)15-8-3-5-18(6-4-8)7-11(12,13)14/h8H,2-7H2,1H3,(H,15,17). The summed E-state index contributed by atoms with van der Waals surface area (Å²) in [4.78, 5) is 1.45. The van der Waals surface area contributed by atoms with Gasteiger partial charge < -0.3 is 5.32 Å². The molecule has 2 rings (SSSR count). The second-order valence-electron chi connectivity index (χ2n) is 4.66. The Labute approximate surface area is 114 Å². The number of hydrogen-bond donors (Lipinski definition) is 1. The molecular formula is C11H17F3N4S. The van der Waals surface area contributed by atoms with Crippen LogP contribution in [0.2, 0.25) is 0 Å². The molecule has 1 N–H and O–H groups in total. The second-order valence-corrected chi connectivity index (χ2v) is 5.73. The van der Waals surface area contributed by atoms with Crippen molar-refractivity contribution in [2.75, 3.05) is 25.0 Å². The van der Waals surface area contributed by atoms with E-state index in [1.165, 1.54) is 16.2 Å². The van der Waals surface area contributed by atoms with Gasteiger partial charge in [-0.05, 0) is 19.3 Å². The van der Waals surface area contributed by atoms with Crippen molar-refractivity contribution in [1.82, 2.24) is 15.1 Å². The minimum atomic E-state index is -4.10. The van der Waals surface area contributed by atoms with E-state index in [4.69, 9.17) is 0 Å². The summed E-state index contributed by atoms with van der Waals surface area (Å²) in [5.41, 5.74) is 0. The Morgan fingerprint density at radius 1 is 1.32 bits per heavy atom. The van der Waals surface area contributed by atoms with Crippen molar-refractivity contribution in [3.8, 4) is 0 Å². The number of halogens is 3. The van der Waals surface area contributed by atoms with Crippen LogP contribution in [0.15, 0.2) is 0 Å². The molecule has 0 radical (unpaired) electrons. The zero-order valence-corrected chi connectivity index (χ0v) is 11.5. The number of rotatable bonds is 4. The number of aryl methyl sites for hydroxylation is 1. The molecule has 0 amide bonds. The molecule has 0 bridgehead atoms. The molecule has 1 aromatic rings. The quantitative estimate of drug-likeness (QED) is 0.926. The Bertz CT molecular complexity index is 399. The van der Waals surface area contributed by atoms with Crippen LogP contribution < -0.4 is 5.32 Å². The van der Waals surface area contributed by atoms with Crippen LogP contribution in [0.25, 0.3) is 0 Å². The zero-order chi connectivity index (χ0) is 13.9. The molecule has 1 saturated heterocycles. The average molecular weight is 294 g/mol.